The van der Waals surface area contributed by atoms with Gasteiger partial charge >= 0.3 is 0 Å². The Bertz CT molecular complexity index is 577. The van der Waals surface area contributed by atoms with E-state index in [1.54, 1.807) is 25.3 Å². The molecule has 0 aliphatic rings. The standard InChI is InChI=1S/C12H14N4O2/c1-8-3-4-9(5-11(8)16(17)18)12-10(6-13-2)7-14-15-12/h3-5,7,13H,6H2,1-2H3,(H,14,15). The number of nitro groups is 1. The molecule has 0 amide bonds. The minimum absolute atomic E-state index is 0.123. The van der Waals surface area contributed by atoms with Gasteiger partial charge in [-0.1, -0.05) is 12.1 Å². The van der Waals surface area contributed by atoms with Gasteiger partial charge in [0.05, 0.1) is 16.8 Å². The highest BCUT2D eigenvalue weighted by atomic mass is 16.6. The normalized spacial score (nSPS) is 10.6. The molecule has 0 aliphatic heterocycles. The third-order valence-corrected chi connectivity index (χ3v) is 2.78. The molecule has 0 bridgehead atoms. The number of hydrogen-bond acceptors (Lipinski definition) is 4. The number of hydrogen-bond donors (Lipinski definition) is 2. The zero-order valence-electron chi connectivity index (χ0n) is 10.2. The van der Waals surface area contributed by atoms with E-state index >= 15 is 0 Å². The van der Waals surface area contributed by atoms with Gasteiger partial charge in [-0.15, -0.1) is 0 Å². The van der Waals surface area contributed by atoms with Crippen molar-refractivity contribution in [1.82, 2.24) is 15.5 Å². The van der Waals surface area contributed by atoms with E-state index in [1.165, 1.54) is 0 Å². The molecule has 1 aromatic heterocycles. The third-order valence-electron chi connectivity index (χ3n) is 2.78. The van der Waals surface area contributed by atoms with Crippen LogP contribution in [0.5, 0.6) is 0 Å². The molecular formula is C12H14N4O2. The Morgan fingerprint density at radius 2 is 2.28 bits per heavy atom. The minimum Gasteiger partial charge on any atom is -0.316 e. The predicted octanol–water partition coefficient (Wildman–Crippen LogP) is 2.01. The molecule has 2 aromatic rings. The number of nitrogens with one attached hydrogen (secondary N) is 2. The van der Waals surface area contributed by atoms with Crippen LogP contribution in [0.3, 0.4) is 0 Å². The van der Waals surface area contributed by atoms with Crippen LogP contribution in [0.4, 0.5) is 5.69 Å². The molecule has 94 valence electrons. The van der Waals surface area contributed by atoms with Gasteiger partial charge in [-0.25, -0.2) is 0 Å². The van der Waals surface area contributed by atoms with E-state index in [4.69, 9.17) is 0 Å². The Morgan fingerprint density at radius 3 is 2.94 bits per heavy atom. The SMILES string of the molecule is CNCc1cn[nH]c1-c1ccc(C)c([N+](=O)[O-])c1. The van der Waals surface area contributed by atoms with Crippen LogP contribution in [0, 0.1) is 17.0 Å². The summed E-state index contributed by atoms with van der Waals surface area (Å²) in [4.78, 5) is 10.6. The van der Waals surface area contributed by atoms with Crippen LogP contribution < -0.4 is 5.32 Å². The van der Waals surface area contributed by atoms with Gasteiger partial charge in [0.2, 0.25) is 0 Å². The van der Waals surface area contributed by atoms with Crippen LogP contribution in [0.2, 0.25) is 0 Å². The summed E-state index contributed by atoms with van der Waals surface area (Å²) in [5.41, 5.74) is 3.34. The highest BCUT2D eigenvalue weighted by Crippen LogP contribution is 2.27. The van der Waals surface area contributed by atoms with E-state index in [-0.39, 0.29) is 10.6 Å². The van der Waals surface area contributed by atoms with E-state index < -0.39 is 0 Å². The Hall–Kier alpha value is -2.21. The van der Waals surface area contributed by atoms with Gasteiger partial charge in [0.1, 0.15) is 0 Å². The second kappa shape index (κ2) is 4.97. The van der Waals surface area contributed by atoms with Crippen LogP contribution >= 0.6 is 0 Å². The van der Waals surface area contributed by atoms with Crippen LogP contribution in [-0.4, -0.2) is 22.2 Å². The highest BCUT2D eigenvalue weighted by molar-refractivity contribution is 5.66. The molecule has 18 heavy (non-hydrogen) atoms. The van der Waals surface area contributed by atoms with Crippen LogP contribution in [0.1, 0.15) is 11.1 Å². The lowest BCUT2D eigenvalue weighted by Gasteiger charge is -2.04. The van der Waals surface area contributed by atoms with Crippen molar-refractivity contribution in [3.63, 3.8) is 0 Å². The van der Waals surface area contributed by atoms with Crippen LogP contribution in [-0.2, 0) is 6.54 Å². The summed E-state index contributed by atoms with van der Waals surface area (Å²) in [5.74, 6) is 0. The Morgan fingerprint density at radius 1 is 1.50 bits per heavy atom. The summed E-state index contributed by atoms with van der Waals surface area (Å²) in [6.07, 6.45) is 1.72. The fourth-order valence-corrected chi connectivity index (χ4v) is 1.85. The average molecular weight is 246 g/mol. The van der Waals surface area contributed by atoms with E-state index in [1.807, 2.05) is 13.1 Å². The van der Waals surface area contributed by atoms with E-state index in [0.29, 0.717) is 12.1 Å². The first kappa shape index (κ1) is 12.3. The molecular weight excluding hydrogens is 232 g/mol. The zero-order valence-corrected chi connectivity index (χ0v) is 10.2. The zero-order chi connectivity index (χ0) is 13.1. The summed E-state index contributed by atoms with van der Waals surface area (Å²) >= 11 is 0. The molecule has 6 nitrogen and oxygen atoms in total. The molecule has 1 aromatic carbocycles. The van der Waals surface area contributed by atoms with E-state index in [2.05, 4.69) is 15.5 Å². The molecule has 0 spiro atoms. The summed E-state index contributed by atoms with van der Waals surface area (Å²) in [6.45, 7) is 2.39. The quantitative estimate of drug-likeness (QED) is 0.638. The second-order valence-electron chi connectivity index (χ2n) is 4.06. The first-order valence-corrected chi connectivity index (χ1v) is 5.55. The molecule has 1 heterocycles. The molecule has 2 N–H and O–H groups in total. The number of nitrogens with zero attached hydrogens (tertiary/aromatic N) is 2. The number of H-pyrrole nitrogens is 1. The fourth-order valence-electron chi connectivity index (χ4n) is 1.85. The van der Waals surface area contributed by atoms with Crippen LogP contribution in [0.15, 0.2) is 24.4 Å². The monoisotopic (exact) mass is 246 g/mol. The third kappa shape index (κ3) is 2.23. The number of rotatable bonds is 4. The van der Waals surface area contributed by atoms with Crippen molar-refractivity contribution in [1.29, 1.82) is 0 Å². The number of aryl methyl sites for hydroxylation is 1. The van der Waals surface area contributed by atoms with Gasteiger partial charge in [-0.3, -0.25) is 15.2 Å². The Kier molecular flexibility index (Phi) is 3.38. The van der Waals surface area contributed by atoms with Gasteiger partial charge in [0.15, 0.2) is 0 Å². The summed E-state index contributed by atoms with van der Waals surface area (Å²) in [5, 5.41) is 20.8. The van der Waals surface area contributed by atoms with Gasteiger partial charge in [0.25, 0.3) is 5.69 Å². The lowest BCUT2D eigenvalue weighted by Crippen LogP contribution is -2.05. The van der Waals surface area contributed by atoms with Crippen LogP contribution in [0.25, 0.3) is 11.3 Å². The molecule has 0 atom stereocenters. The lowest BCUT2D eigenvalue weighted by atomic mass is 10.0. The molecule has 0 unspecified atom stereocenters. The molecule has 0 fully saturated rings. The highest BCUT2D eigenvalue weighted by Gasteiger charge is 2.14. The first-order valence-electron chi connectivity index (χ1n) is 5.55. The van der Waals surface area contributed by atoms with E-state index in [0.717, 1.165) is 16.8 Å². The maximum atomic E-state index is 10.9. The van der Waals surface area contributed by atoms with Crippen molar-refractivity contribution in [2.45, 2.75) is 13.5 Å². The number of nitro benzene ring substituents is 1. The summed E-state index contributed by atoms with van der Waals surface area (Å²) in [6, 6.07) is 5.18. The van der Waals surface area contributed by atoms with Gasteiger partial charge in [-0.05, 0) is 14.0 Å². The van der Waals surface area contributed by atoms with Gasteiger partial charge < -0.3 is 5.32 Å². The Labute approximate surface area is 104 Å². The number of aromatic nitrogens is 2. The van der Waals surface area contributed by atoms with Crippen molar-refractivity contribution in [3.05, 3.63) is 45.6 Å². The maximum absolute atomic E-state index is 10.9. The number of benzene rings is 1. The van der Waals surface area contributed by atoms with Crippen molar-refractivity contribution >= 4 is 5.69 Å². The van der Waals surface area contributed by atoms with Crippen molar-refractivity contribution in [3.8, 4) is 11.3 Å². The predicted molar refractivity (Wildman–Crippen MR) is 68.2 cm³/mol. The number of aromatic amines is 1. The van der Waals surface area contributed by atoms with Crippen molar-refractivity contribution in [2.24, 2.45) is 0 Å². The average Bonchev–Trinajstić information content (AvgIpc) is 2.78. The largest absolute Gasteiger partial charge is 0.316 e. The summed E-state index contributed by atoms with van der Waals surface area (Å²) in [7, 11) is 1.84. The Balaban J connectivity index is 2.47. The second-order valence-corrected chi connectivity index (χ2v) is 4.06. The topological polar surface area (TPSA) is 83.8 Å². The van der Waals surface area contributed by atoms with Gasteiger partial charge in [-0.2, -0.15) is 5.10 Å². The molecule has 2 rings (SSSR count). The molecule has 0 saturated carbocycles. The fraction of sp³-hybridized carbons (Fsp3) is 0.250. The summed E-state index contributed by atoms with van der Waals surface area (Å²) < 4.78 is 0. The minimum atomic E-state index is -0.368. The van der Waals surface area contributed by atoms with Crippen molar-refractivity contribution < 1.29 is 4.92 Å². The smallest absolute Gasteiger partial charge is 0.272 e. The first-order chi connectivity index (χ1) is 8.63. The molecule has 0 radical (unpaired) electrons. The van der Waals surface area contributed by atoms with Gasteiger partial charge in [0, 0.05) is 29.3 Å². The lowest BCUT2D eigenvalue weighted by molar-refractivity contribution is -0.385. The van der Waals surface area contributed by atoms with E-state index in [9.17, 15) is 10.1 Å². The molecule has 0 aliphatic carbocycles. The molecule has 6 heteroatoms. The van der Waals surface area contributed by atoms with Crippen molar-refractivity contribution in [2.75, 3.05) is 7.05 Å². The maximum Gasteiger partial charge on any atom is 0.272 e. The molecule has 0 saturated heterocycles.